The van der Waals surface area contributed by atoms with Gasteiger partial charge in [-0.15, -0.1) is 10.2 Å². The molecule has 1 saturated heterocycles. The molecule has 2 N–H and O–H groups in total. The summed E-state index contributed by atoms with van der Waals surface area (Å²) >= 11 is 1.39. The normalized spacial score (nSPS) is 20.2. The van der Waals surface area contributed by atoms with Crippen molar-refractivity contribution in [2.75, 3.05) is 35.7 Å². The molecule has 0 spiro atoms. The minimum Gasteiger partial charge on any atom is -0.495 e. The molecule has 1 aromatic carbocycles. The van der Waals surface area contributed by atoms with Crippen molar-refractivity contribution < 1.29 is 9.53 Å². The highest BCUT2D eigenvalue weighted by molar-refractivity contribution is 7.19. The lowest BCUT2D eigenvalue weighted by Gasteiger charge is -2.34. The molecule has 2 aromatic rings. The summed E-state index contributed by atoms with van der Waals surface area (Å²) in [5.74, 6) is 1.88. The van der Waals surface area contributed by atoms with Gasteiger partial charge < -0.3 is 15.0 Å². The van der Waals surface area contributed by atoms with Gasteiger partial charge in [0.25, 0.3) is 0 Å². The number of rotatable bonds is 4. The largest absolute Gasteiger partial charge is 0.495 e. The van der Waals surface area contributed by atoms with Crippen LogP contribution in [0.4, 0.5) is 20.7 Å². The number of ether oxygens (including phenoxy) is 1. The predicted octanol–water partition coefficient (Wildman–Crippen LogP) is 3.67. The summed E-state index contributed by atoms with van der Waals surface area (Å²) in [6.07, 6.45) is 1.24. The Hall–Kier alpha value is -2.35. The zero-order valence-electron chi connectivity index (χ0n) is 14.7. The van der Waals surface area contributed by atoms with E-state index in [1.54, 1.807) is 19.2 Å². The van der Waals surface area contributed by atoms with E-state index < -0.39 is 0 Å². The first kappa shape index (κ1) is 17.5. The SMILES string of the molecule is COc1ccccc1NC(=O)Nc1nnc(N2C[C@@H](C)C[C@H](C)C2)s1. The van der Waals surface area contributed by atoms with Crippen molar-refractivity contribution in [1.82, 2.24) is 10.2 Å². The zero-order chi connectivity index (χ0) is 17.8. The number of benzene rings is 1. The monoisotopic (exact) mass is 361 g/mol. The van der Waals surface area contributed by atoms with Gasteiger partial charge in [0.2, 0.25) is 10.3 Å². The van der Waals surface area contributed by atoms with Crippen molar-refractivity contribution >= 4 is 33.3 Å². The molecule has 2 amide bonds. The number of para-hydroxylation sites is 2. The Morgan fingerprint density at radius 3 is 2.64 bits per heavy atom. The van der Waals surface area contributed by atoms with Gasteiger partial charge in [-0.05, 0) is 30.4 Å². The molecule has 2 atom stereocenters. The van der Waals surface area contributed by atoms with Crippen molar-refractivity contribution in [2.45, 2.75) is 20.3 Å². The third-order valence-corrected chi connectivity index (χ3v) is 5.03. The summed E-state index contributed by atoms with van der Waals surface area (Å²) in [6.45, 7) is 6.46. The Labute approximate surface area is 151 Å². The van der Waals surface area contributed by atoms with E-state index in [9.17, 15) is 4.79 Å². The molecule has 1 aliphatic rings. The molecule has 25 heavy (non-hydrogen) atoms. The van der Waals surface area contributed by atoms with E-state index in [1.807, 2.05) is 12.1 Å². The molecule has 2 heterocycles. The Bertz CT molecular complexity index is 725. The molecule has 0 bridgehead atoms. The Kier molecular flexibility index (Phi) is 5.37. The maximum absolute atomic E-state index is 12.2. The summed E-state index contributed by atoms with van der Waals surface area (Å²) in [5.41, 5.74) is 0.603. The summed E-state index contributed by atoms with van der Waals surface area (Å²) in [7, 11) is 1.57. The number of carbonyl (C=O) groups excluding carboxylic acids is 1. The van der Waals surface area contributed by atoms with Crippen molar-refractivity contribution in [3.05, 3.63) is 24.3 Å². The lowest BCUT2D eigenvalue weighted by molar-refractivity contribution is 0.262. The van der Waals surface area contributed by atoms with E-state index in [2.05, 4.69) is 39.6 Å². The van der Waals surface area contributed by atoms with Gasteiger partial charge in [0.1, 0.15) is 5.75 Å². The van der Waals surface area contributed by atoms with Crippen molar-refractivity contribution in [1.29, 1.82) is 0 Å². The molecule has 0 aliphatic carbocycles. The molecule has 7 nitrogen and oxygen atoms in total. The highest BCUT2D eigenvalue weighted by Gasteiger charge is 2.24. The number of hydrogen-bond donors (Lipinski definition) is 2. The number of nitrogens with zero attached hydrogens (tertiary/aromatic N) is 3. The fraction of sp³-hybridized carbons (Fsp3) is 0.471. The third kappa shape index (κ3) is 4.39. The summed E-state index contributed by atoms with van der Waals surface area (Å²) in [4.78, 5) is 14.4. The first-order valence-electron chi connectivity index (χ1n) is 8.34. The Balaban J connectivity index is 1.62. The minimum atomic E-state index is -0.368. The van der Waals surface area contributed by atoms with Gasteiger partial charge >= 0.3 is 6.03 Å². The maximum atomic E-state index is 12.2. The summed E-state index contributed by atoms with van der Waals surface area (Å²) < 4.78 is 5.23. The molecular weight excluding hydrogens is 338 g/mol. The first-order chi connectivity index (χ1) is 12.0. The van der Waals surface area contributed by atoms with Crippen molar-refractivity contribution in [2.24, 2.45) is 11.8 Å². The number of hydrogen-bond acceptors (Lipinski definition) is 6. The van der Waals surface area contributed by atoms with Crippen molar-refractivity contribution in [3.63, 3.8) is 0 Å². The van der Waals surface area contributed by atoms with Crippen LogP contribution in [0, 0.1) is 11.8 Å². The van der Waals surface area contributed by atoms with Crippen LogP contribution in [0.5, 0.6) is 5.75 Å². The zero-order valence-corrected chi connectivity index (χ0v) is 15.5. The molecular formula is C17H23N5O2S. The predicted molar refractivity (Wildman–Crippen MR) is 101 cm³/mol. The standard InChI is InChI=1S/C17H23N5O2S/c1-11-8-12(2)10-22(9-11)17-21-20-16(25-17)19-15(23)18-13-6-4-5-7-14(13)24-3/h4-7,11-12H,8-10H2,1-3H3,(H2,18,19,20,23)/t11-,12-/m0/s1. The number of methoxy groups -OCH3 is 1. The van der Waals surface area contributed by atoms with E-state index in [-0.39, 0.29) is 6.03 Å². The van der Waals surface area contributed by atoms with Crippen molar-refractivity contribution in [3.8, 4) is 5.75 Å². The van der Waals surface area contributed by atoms with Gasteiger partial charge in [-0.1, -0.05) is 37.3 Å². The van der Waals surface area contributed by atoms with Crippen LogP contribution < -0.4 is 20.3 Å². The molecule has 0 saturated carbocycles. The van der Waals surface area contributed by atoms with E-state index in [0.717, 1.165) is 18.2 Å². The van der Waals surface area contributed by atoms with Crippen LogP contribution in [0.25, 0.3) is 0 Å². The van der Waals surface area contributed by atoms with Gasteiger partial charge in [-0.25, -0.2) is 4.79 Å². The van der Waals surface area contributed by atoms with Crippen LogP contribution >= 0.6 is 11.3 Å². The highest BCUT2D eigenvalue weighted by Crippen LogP contribution is 2.30. The minimum absolute atomic E-state index is 0.368. The number of piperidine rings is 1. The molecule has 134 valence electrons. The third-order valence-electron chi connectivity index (χ3n) is 4.13. The lowest BCUT2D eigenvalue weighted by Crippen LogP contribution is -2.38. The van der Waals surface area contributed by atoms with E-state index >= 15 is 0 Å². The quantitative estimate of drug-likeness (QED) is 0.868. The second-order valence-corrected chi connectivity index (χ2v) is 7.48. The van der Waals surface area contributed by atoms with Gasteiger partial charge in [0.15, 0.2) is 0 Å². The second kappa shape index (κ2) is 7.69. The highest BCUT2D eigenvalue weighted by atomic mass is 32.1. The fourth-order valence-electron chi connectivity index (χ4n) is 3.21. The Morgan fingerprint density at radius 2 is 1.92 bits per heavy atom. The average molecular weight is 361 g/mol. The molecule has 0 unspecified atom stereocenters. The van der Waals surface area contributed by atoms with Gasteiger partial charge in [0, 0.05) is 13.1 Å². The Morgan fingerprint density at radius 1 is 1.20 bits per heavy atom. The van der Waals surface area contributed by atoms with Crippen LogP contribution in [-0.2, 0) is 0 Å². The topological polar surface area (TPSA) is 79.4 Å². The lowest BCUT2D eigenvalue weighted by atomic mass is 9.92. The number of urea groups is 1. The number of aromatic nitrogens is 2. The van der Waals surface area contributed by atoms with Gasteiger partial charge in [0.05, 0.1) is 12.8 Å². The molecule has 1 fully saturated rings. The van der Waals surface area contributed by atoms with E-state index in [0.29, 0.717) is 28.4 Å². The van der Waals surface area contributed by atoms with Crippen LogP contribution in [0.1, 0.15) is 20.3 Å². The van der Waals surface area contributed by atoms with E-state index in [4.69, 9.17) is 4.74 Å². The molecule has 1 aliphatic heterocycles. The van der Waals surface area contributed by atoms with Crippen LogP contribution in [-0.4, -0.2) is 36.4 Å². The number of carbonyl (C=O) groups is 1. The smallest absolute Gasteiger partial charge is 0.325 e. The number of nitrogens with one attached hydrogen (secondary N) is 2. The molecule has 0 radical (unpaired) electrons. The van der Waals surface area contributed by atoms with Gasteiger partial charge in [-0.2, -0.15) is 0 Å². The summed E-state index contributed by atoms with van der Waals surface area (Å²) in [5, 5.41) is 15.2. The number of anilines is 3. The van der Waals surface area contributed by atoms with Crippen LogP contribution in [0.15, 0.2) is 24.3 Å². The number of amides is 2. The molecule has 8 heteroatoms. The molecule has 3 rings (SSSR count). The second-order valence-electron chi connectivity index (χ2n) is 6.52. The van der Waals surface area contributed by atoms with Crippen LogP contribution in [0.2, 0.25) is 0 Å². The first-order valence-corrected chi connectivity index (χ1v) is 9.16. The fourth-order valence-corrected chi connectivity index (χ4v) is 3.97. The molecule has 1 aromatic heterocycles. The van der Waals surface area contributed by atoms with Crippen LogP contribution in [0.3, 0.4) is 0 Å². The van der Waals surface area contributed by atoms with E-state index in [1.165, 1.54) is 17.8 Å². The van der Waals surface area contributed by atoms with Gasteiger partial charge in [-0.3, -0.25) is 5.32 Å². The average Bonchev–Trinajstić information content (AvgIpc) is 3.03. The maximum Gasteiger partial charge on any atom is 0.325 e. The summed E-state index contributed by atoms with van der Waals surface area (Å²) in [6, 6.07) is 6.88.